The van der Waals surface area contributed by atoms with Crippen molar-refractivity contribution in [2.75, 3.05) is 0 Å². The van der Waals surface area contributed by atoms with Gasteiger partial charge < -0.3 is 5.11 Å². The fraction of sp³-hybridized carbons (Fsp3) is 0.308. The maximum absolute atomic E-state index is 13.6. The van der Waals surface area contributed by atoms with Crippen LogP contribution in [-0.4, -0.2) is 26.1 Å². The van der Waals surface area contributed by atoms with Crippen LogP contribution in [0.3, 0.4) is 0 Å². The van der Waals surface area contributed by atoms with Gasteiger partial charge in [-0.2, -0.15) is 0 Å². The quantitative estimate of drug-likeness (QED) is 0.931. The molecule has 1 aromatic heterocycles. The van der Waals surface area contributed by atoms with Crippen LogP contribution in [0.4, 0.5) is 8.78 Å². The molecule has 5 nitrogen and oxygen atoms in total. The maximum atomic E-state index is 13.6. The number of carboxylic acid groups (broad SMARTS) is 1. The van der Waals surface area contributed by atoms with Gasteiger partial charge in [0.15, 0.2) is 5.69 Å². The third kappa shape index (κ3) is 2.15. The lowest BCUT2D eigenvalue weighted by atomic mass is 10.1. The molecular weight excluding hydrogens is 268 g/mol. The molecular formula is C13H11F2N3O2. The molecule has 1 aliphatic rings. The van der Waals surface area contributed by atoms with Crippen molar-refractivity contribution in [2.45, 2.75) is 25.3 Å². The minimum Gasteiger partial charge on any atom is -0.476 e. The van der Waals surface area contributed by atoms with Crippen molar-refractivity contribution in [3.63, 3.8) is 0 Å². The van der Waals surface area contributed by atoms with Crippen molar-refractivity contribution in [1.29, 1.82) is 0 Å². The van der Waals surface area contributed by atoms with E-state index in [-0.39, 0.29) is 23.7 Å². The summed E-state index contributed by atoms with van der Waals surface area (Å²) in [5.74, 6) is -2.48. The van der Waals surface area contributed by atoms with E-state index in [1.165, 1.54) is 10.7 Å². The van der Waals surface area contributed by atoms with Gasteiger partial charge in [0.2, 0.25) is 0 Å². The van der Waals surface area contributed by atoms with Gasteiger partial charge in [-0.05, 0) is 25.0 Å². The number of hydrogen-bond donors (Lipinski definition) is 1. The molecule has 1 aromatic carbocycles. The highest BCUT2D eigenvalue weighted by Gasteiger charge is 2.34. The fourth-order valence-electron chi connectivity index (χ4n) is 2.18. The second-order valence-electron chi connectivity index (χ2n) is 4.76. The molecule has 1 N–H and O–H groups in total. The Morgan fingerprint density at radius 2 is 2.00 bits per heavy atom. The predicted octanol–water partition coefficient (Wildman–Crippen LogP) is 2.18. The molecule has 0 bridgehead atoms. The lowest BCUT2D eigenvalue weighted by Gasteiger charge is -2.08. The summed E-state index contributed by atoms with van der Waals surface area (Å²) < 4.78 is 28.5. The molecule has 2 aromatic rings. The Hall–Kier alpha value is -2.31. The summed E-state index contributed by atoms with van der Waals surface area (Å²) in [7, 11) is 0. The van der Waals surface area contributed by atoms with Crippen LogP contribution in [0.15, 0.2) is 18.2 Å². The zero-order valence-corrected chi connectivity index (χ0v) is 10.4. The molecule has 0 amide bonds. The van der Waals surface area contributed by atoms with Gasteiger partial charge in [0.05, 0.1) is 12.2 Å². The number of benzene rings is 1. The lowest BCUT2D eigenvalue weighted by Crippen LogP contribution is -2.11. The van der Waals surface area contributed by atoms with Crippen molar-refractivity contribution in [1.82, 2.24) is 15.0 Å². The van der Waals surface area contributed by atoms with Crippen LogP contribution in [0.25, 0.3) is 0 Å². The first kappa shape index (κ1) is 12.7. The summed E-state index contributed by atoms with van der Waals surface area (Å²) in [6.45, 7) is -0.162. The molecule has 0 aliphatic heterocycles. The largest absolute Gasteiger partial charge is 0.476 e. The van der Waals surface area contributed by atoms with Crippen molar-refractivity contribution >= 4 is 5.97 Å². The number of halogens is 2. The molecule has 7 heteroatoms. The minimum atomic E-state index is -1.17. The summed E-state index contributed by atoms with van der Waals surface area (Å²) in [6, 6.07) is 3.59. The monoisotopic (exact) mass is 279 g/mol. The molecule has 0 atom stereocenters. The van der Waals surface area contributed by atoms with E-state index in [4.69, 9.17) is 5.11 Å². The number of nitrogens with zero attached hydrogens (tertiary/aromatic N) is 3. The zero-order chi connectivity index (χ0) is 14.3. The minimum absolute atomic E-state index is 0.0611. The molecule has 3 rings (SSSR count). The summed E-state index contributed by atoms with van der Waals surface area (Å²) in [6.07, 6.45) is 1.68. The summed E-state index contributed by atoms with van der Waals surface area (Å²) in [5, 5.41) is 16.4. The van der Waals surface area contributed by atoms with E-state index in [0.29, 0.717) is 5.69 Å². The average Bonchev–Trinajstić information content (AvgIpc) is 3.14. The molecule has 0 saturated heterocycles. The van der Waals surface area contributed by atoms with Crippen molar-refractivity contribution in [3.8, 4) is 0 Å². The number of rotatable bonds is 4. The molecule has 1 fully saturated rings. The van der Waals surface area contributed by atoms with Crippen LogP contribution in [0, 0.1) is 11.6 Å². The molecule has 1 heterocycles. The van der Waals surface area contributed by atoms with E-state index < -0.39 is 17.6 Å². The van der Waals surface area contributed by atoms with Gasteiger partial charge in [-0.1, -0.05) is 11.3 Å². The first-order valence-corrected chi connectivity index (χ1v) is 6.17. The molecule has 104 valence electrons. The van der Waals surface area contributed by atoms with Gasteiger partial charge in [-0.3, -0.25) is 0 Å². The fourth-order valence-corrected chi connectivity index (χ4v) is 2.18. The third-order valence-corrected chi connectivity index (χ3v) is 3.31. The van der Waals surface area contributed by atoms with Gasteiger partial charge in [-0.25, -0.2) is 18.3 Å². The van der Waals surface area contributed by atoms with Gasteiger partial charge in [0.1, 0.15) is 11.6 Å². The van der Waals surface area contributed by atoms with Gasteiger partial charge in [0, 0.05) is 11.5 Å². The van der Waals surface area contributed by atoms with Crippen LogP contribution in [0.5, 0.6) is 0 Å². The Kier molecular flexibility index (Phi) is 2.96. The Labute approximate surface area is 112 Å². The number of carboxylic acids is 1. The maximum Gasteiger partial charge on any atom is 0.358 e. The predicted molar refractivity (Wildman–Crippen MR) is 64.4 cm³/mol. The molecule has 1 saturated carbocycles. The number of carbonyl (C=O) groups is 1. The van der Waals surface area contributed by atoms with Crippen molar-refractivity contribution in [3.05, 3.63) is 46.8 Å². The second-order valence-corrected chi connectivity index (χ2v) is 4.76. The Balaban J connectivity index is 2.01. The van der Waals surface area contributed by atoms with Gasteiger partial charge in [-0.15, -0.1) is 5.10 Å². The van der Waals surface area contributed by atoms with Crippen molar-refractivity contribution in [2.24, 2.45) is 0 Å². The summed E-state index contributed by atoms with van der Waals surface area (Å²) in [4.78, 5) is 11.1. The number of aromatic carboxylic acids is 1. The van der Waals surface area contributed by atoms with E-state index in [1.807, 2.05) is 0 Å². The number of hydrogen-bond acceptors (Lipinski definition) is 3. The molecule has 1 aliphatic carbocycles. The smallest absolute Gasteiger partial charge is 0.358 e. The molecule has 0 unspecified atom stereocenters. The first-order valence-electron chi connectivity index (χ1n) is 6.17. The van der Waals surface area contributed by atoms with Crippen LogP contribution >= 0.6 is 0 Å². The second kappa shape index (κ2) is 4.66. The molecule has 0 spiro atoms. The van der Waals surface area contributed by atoms with E-state index >= 15 is 0 Å². The highest BCUT2D eigenvalue weighted by Crippen LogP contribution is 2.41. The highest BCUT2D eigenvalue weighted by atomic mass is 19.1. The van der Waals surface area contributed by atoms with Crippen LogP contribution in [-0.2, 0) is 6.54 Å². The van der Waals surface area contributed by atoms with Gasteiger partial charge in [0.25, 0.3) is 0 Å². The van der Waals surface area contributed by atoms with Crippen LogP contribution in [0.2, 0.25) is 0 Å². The zero-order valence-electron chi connectivity index (χ0n) is 10.4. The van der Waals surface area contributed by atoms with Crippen LogP contribution < -0.4 is 0 Å². The number of aromatic nitrogens is 3. The standard InChI is InChI=1S/C13H11F2N3O2/c14-9-2-1-3-10(15)8(9)6-18-12(7-4-5-7)11(13(19)20)16-17-18/h1-3,7H,4-6H2,(H,19,20). The van der Waals surface area contributed by atoms with E-state index in [0.717, 1.165) is 25.0 Å². The highest BCUT2D eigenvalue weighted by molar-refractivity contribution is 5.86. The van der Waals surface area contributed by atoms with E-state index in [1.54, 1.807) is 0 Å². The summed E-state index contributed by atoms with van der Waals surface area (Å²) in [5.41, 5.74) is 0.167. The van der Waals surface area contributed by atoms with E-state index in [2.05, 4.69) is 10.3 Å². The molecule has 0 radical (unpaired) electrons. The average molecular weight is 279 g/mol. The van der Waals surface area contributed by atoms with Crippen LogP contribution in [0.1, 0.15) is 40.5 Å². The summed E-state index contributed by atoms with van der Waals surface area (Å²) >= 11 is 0. The SMILES string of the molecule is O=C(O)c1nnn(Cc2c(F)cccc2F)c1C1CC1. The van der Waals surface area contributed by atoms with Crippen molar-refractivity contribution < 1.29 is 18.7 Å². The topological polar surface area (TPSA) is 68.0 Å². The van der Waals surface area contributed by atoms with Gasteiger partial charge >= 0.3 is 5.97 Å². The van der Waals surface area contributed by atoms with E-state index in [9.17, 15) is 13.6 Å². The molecule has 20 heavy (non-hydrogen) atoms. The normalized spacial score (nSPS) is 14.5. The first-order chi connectivity index (χ1) is 9.58. The Bertz CT molecular complexity index is 660. The Morgan fingerprint density at radius 3 is 2.55 bits per heavy atom. The lowest BCUT2D eigenvalue weighted by molar-refractivity contribution is 0.0689. The Morgan fingerprint density at radius 1 is 1.35 bits per heavy atom. The third-order valence-electron chi connectivity index (χ3n) is 3.31.